The van der Waals surface area contributed by atoms with Crippen molar-refractivity contribution in [1.29, 1.82) is 0 Å². The zero-order valence-corrected chi connectivity index (χ0v) is 7.62. The van der Waals surface area contributed by atoms with Crippen LogP contribution < -0.4 is 0 Å². The number of rotatable bonds is 2. The molecule has 0 fully saturated rings. The fourth-order valence-corrected chi connectivity index (χ4v) is 1.10. The van der Waals surface area contributed by atoms with Crippen LogP contribution in [0.5, 0.6) is 0 Å². The summed E-state index contributed by atoms with van der Waals surface area (Å²) in [6.45, 7) is 4.06. The Morgan fingerprint density at radius 3 is 1.31 bits per heavy atom. The Hall–Kier alpha value is -0.300. The number of hydrogen-bond donors (Lipinski definition) is 0. The number of benzene rings is 1. The van der Waals surface area contributed by atoms with Crippen molar-refractivity contribution in [2.75, 3.05) is 0 Å². The summed E-state index contributed by atoms with van der Waals surface area (Å²) >= 11 is 0. The molecule has 0 aromatic heterocycles. The first-order chi connectivity index (χ1) is 5.86. The van der Waals surface area contributed by atoms with Gasteiger partial charge in [0.15, 0.2) is 0 Å². The zero-order valence-electron chi connectivity index (χ0n) is 7.62. The maximum absolute atomic E-state index is 2.12. The van der Waals surface area contributed by atoms with Crippen molar-refractivity contribution in [1.82, 2.24) is 0 Å². The summed E-state index contributed by atoms with van der Waals surface area (Å²) < 4.78 is 0. The van der Waals surface area contributed by atoms with Crippen LogP contribution in [0.25, 0.3) is 12.2 Å². The van der Waals surface area contributed by atoms with Crippen LogP contribution in [0, 0.1) is 0 Å². The molecule has 64 valence electrons. The minimum atomic E-state index is 0. The molecule has 0 atom stereocenters. The summed E-state index contributed by atoms with van der Waals surface area (Å²) in [4.78, 5) is 0. The van der Waals surface area contributed by atoms with Crippen LogP contribution in [0.4, 0.5) is 0 Å². The topological polar surface area (TPSA) is 0 Å². The second kappa shape index (κ2) is 7.14. The molecule has 0 aliphatic heterocycles. The molecular weight excluding hydrogens is 167 g/mol. The van der Waals surface area contributed by atoms with Gasteiger partial charge in [-0.25, -0.2) is 0 Å². The predicted molar refractivity (Wildman–Crippen MR) is 63.0 cm³/mol. The van der Waals surface area contributed by atoms with Crippen molar-refractivity contribution in [2.45, 2.75) is 13.8 Å². The first-order valence-electron chi connectivity index (χ1n) is 4.22. The van der Waals surface area contributed by atoms with Gasteiger partial charge in [-0.2, -0.15) is 0 Å². The summed E-state index contributed by atoms with van der Waals surface area (Å²) in [5, 5.41) is 0. The van der Waals surface area contributed by atoms with E-state index in [4.69, 9.17) is 0 Å². The van der Waals surface area contributed by atoms with E-state index in [0.29, 0.717) is 0 Å². The van der Waals surface area contributed by atoms with E-state index >= 15 is 0 Å². The average Bonchev–Trinajstić information content (AvgIpc) is 2.09. The molecule has 0 saturated heterocycles. The summed E-state index contributed by atoms with van der Waals surface area (Å²) in [7, 11) is 0. The van der Waals surface area contributed by atoms with Crippen molar-refractivity contribution in [3.63, 3.8) is 0 Å². The Labute approximate surface area is 103 Å². The quantitative estimate of drug-likeness (QED) is 0.616. The third kappa shape index (κ3) is 4.47. The van der Waals surface area contributed by atoms with E-state index in [0.717, 1.165) is 0 Å². The van der Waals surface area contributed by atoms with Crippen molar-refractivity contribution in [2.24, 2.45) is 0 Å². The third-order valence-electron chi connectivity index (χ3n) is 1.65. The molecule has 0 amide bonds. The van der Waals surface area contributed by atoms with Crippen LogP contribution in [-0.4, -0.2) is 29.6 Å². The van der Waals surface area contributed by atoms with Gasteiger partial charge in [-0.3, -0.25) is 0 Å². The Balaban J connectivity index is 0.00000144. The first-order valence-corrected chi connectivity index (χ1v) is 4.22. The molecule has 0 aliphatic carbocycles. The standard InChI is InChI=1S/C12H14.Na.H/c1-3-5-11-7-9-12(6-4-2)10-8-11;;/h3-10H,1-2H3;;/b5-3+,6-4+;;. The molecule has 0 unspecified atom stereocenters. The predicted octanol–water partition coefficient (Wildman–Crippen LogP) is 3.10. The Bertz CT molecular complexity index is 249. The van der Waals surface area contributed by atoms with Crippen molar-refractivity contribution >= 4 is 41.7 Å². The number of hydrogen-bond acceptors (Lipinski definition) is 0. The molecular formula is C12H15Na. The van der Waals surface area contributed by atoms with Crippen LogP contribution in [0.2, 0.25) is 0 Å². The normalized spacial score (nSPS) is 10.6. The first kappa shape index (κ1) is 12.7. The Morgan fingerprint density at radius 1 is 0.769 bits per heavy atom. The second-order valence-electron chi connectivity index (χ2n) is 2.67. The van der Waals surface area contributed by atoms with Crippen LogP contribution >= 0.6 is 0 Å². The fraction of sp³-hybridized carbons (Fsp3) is 0.167. The monoisotopic (exact) mass is 182 g/mol. The van der Waals surface area contributed by atoms with Gasteiger partial charge < -0.3 is 0 Å². The van der Waals surface area contributed by atoms with Crippen LogP contribution in [0.15, 0.2) is 36.4 Å². The van der Waals surface area contributed by atoms with E-state index in [1.54, 1.807) is 0 Å². The SMILES string of the molecule is C/C=C/c1ccc(/C=C/C)cc1.[NaH]. The molecule has 1 rings (SSSR count). The molecule has 13 heavy (non-hydrogen) atoms. The molecule has 1 heteroatoms. The molecule has 0 bridgehead atoms. The van der Waals surface area contributed by atoms with Gasteiger partial charge in [0.25, 0.3) is 0 Å². The summed E-state index contributed by atoms with van der Waals surface area (Å²) in [5.41, 5.74) is 2.51. The molecule has 0 radical (unpaired) electrons. The minimum absolute atomic E-state index is 0. The van der Waals surface area contributed by atoms with E-state index in [9.17, 15) is 0 Å². The number of allylic oxidation sites excluding steroid dienone is 2. The van der Waals surface area contributed by atoms with E-state index in [-0.39, 0.29) is 29.6 Å². The van der Waals surface area contributed by atoms with Crippen LogP contribution in [0.3, 0.4) is 0 Å². The molecule has 0 nitrogen and oxygen atoms in total. The van der Waals surface area contributed by atoms with E-state index < -0.39 is 0 Å². The molecule has 0 spiro atoms. The average molecular weight is 182 g/mol. The Kier molecular flexibility index (Phi) is 6.97. The summed E-state index contributed by atoms with van der Waals surface area (Å²) in [6.07, 6.45) is 8.29. The molecule has 1 aromatic carbocycles. The molecule has 1 aromatic rings. The molecule has 0 N–H and O–H groups in total. The van der Waals surface area contributed by atoms with Gasteiger partial charge in [0.1, 0.15) is 0 Å². The van der Waals surface area contributed by atoms with E-state index in [1.807, 2.05) is 26.0 Å². The second-order valence-corrected chi connectivity index (χ2v) is 2.67. The molecule has 0 aliphatic rings. The van der Waals surface area contributed by atoms with Gasteiger partial charge in [0.2, 0.25) is 0 Å². The summed E-state index contributed by atoms with van der Waals surface area (Å²) in [6, 6.07) is 8.48. The van der Waals surface area contributed by atoms with E-state index in [1.165, 1.54) is 11.1 Å². The van der Waals surface area contributed by atoms with Gasteiger partial charge >= 0.3 is 29.6 Å². The molecule has 0 saturated carbocycles. The van der Waals surface area contributed by atoms with Gasteiger partial charge in [0.05, 0.1) is 0 Å². The van der Waals surface area contributed by atoms with E-state index in [2.05, 4.69) is 36.4 Å². The maximum atomic E-state index is 2.12. The third-order valence-corrected chi connectivity index (χ3v) is 1.65. The Morgan fingerprint density at radius 2 is 1.08 bits per heavy atom. The van der Waals surface area contributed by atoms with Crippen LogP contribution in [-0.2, 0) is 0 Å². The van der Waals surface area contributed by atoms with Gasteiger partial charge in [-0.15, -0.1) is 0 Å². The summed E-state index contributed by atoms with van der Waals surface area (Å²) in [5.74, 6) is 0. The molecule has 0 heterocycles. The van der Waals surface area contributed by atoms with Crippen LogP contribution in [0.1, 0.15) is 25.0 Å². The van der Waals surface area contributed by atoms with Gasteiger partial charge in [0, 0.05) is 0 Å². The fourth-order valence-electron chi connectivity index (χ4n) is 1.10. The van der Waals surface area contributed by atoms with Gasteiger partial charge in [-0.05, 0) is 25.0 Å². The van der Waals surface area contributed by atoms with Crippen molar-refractivity contribution < 1.29 is 0 Å². The zero-order chi connectivity index (χ0) is 8.81. The van der Waals surface area contributed by atoms with Crippen molar-refractivity contribution in [3.05, 3.63) is 47.5 Å². The van der Waals surface area contributed by atoms with Crippen molar-refractivity contribution in [3.8, 4) is 0 Å². The van der Waals surface area contributed by atoms with Gasteiger partial charge in [-0.1, -0.05) is 48.6 Å².